The summed E-state index contributed by atoms with van der Waals surface area (Å²) < 4.78 is 0. The van der Waals surface area contributed by atoms with Gasteiger partial charge >= 0.3 is 0 Å². The lowest BCUT2D eigenvalue weighted by Gasteiger charge is -2.35. The minimum absolute atomic E-state index is 0.270. The van der Waals surface area contributed by atoms with E-state index in [0.29, 0.717) is 12.0 Å². The molecule has 1 amide bonds. The van der Waals surface area contributed by atoms with Crippen LogP contribution >= 0.6 is 0 Å². The molecule has 0 aromatic carbocycles. The van der Waals surface area contributed by atoms with E-state index in [1.165, 1.54) is 6.42 Å². The van der Waals surface area contributed by atoms with Gasteiger partial charge in [-0.1, -0.05) is 27.2 Å². The monoisotopic (exact) mass is 257 g/mol. The Morgan fingerprint density at radius 1 is 1.39 bits per heavy atom. The molecule has 3 N–H and O–H groups in total. The average molecular weight is 257 g/mol. The number of primary amides is 1. The molecule has 18 heavy (non-hydrogen) atoms. The predicted molar refractivity (Wildman–Crippen MR) is 77.4 cm³/mol. The van der Waals surface area contributed by atoms with Gasteiger partial charge in [-0.05, 0) is 39.8 Å². The lowest BCUT2D eigenvalue weighted by atomic mass is 9.91. The fourth-order valence-electron chi connectivity index (χ4n) is 2.20. The zero-order valence-corrected chi connectivity index (χ0v) is 12.9. The van der Waals surface area contributed by atoms with Crippen molar-refractivity contribution in [1.29, 1.82) is 0 Å². The third-order valence-electron chi connectivity index (χ3n) is 3.86. The molecule has 0 heterocycles. The van der Waals surface area contributed by atoms with Crippen LogP contribution in [-0.2, 0) is 4.79 Å². The molecule has 3 unspecified atom stereocenters. The fourth-order valence-corrected chi connectivity index (χ4v) is 2.20. The van der Waals surface area contributed by atoms with Crippen molar-refractivity contribution in [1.82, 2.24) is 10.2 Å². The number of carbonyl (C=O) groups excluding carboxylic acids is 1. The summed E-state index contributed by atoms with van der Waals surface area (Å²) in [5.41, 5.74) is 4.90. The van der Waals surface area contributed by atoms with E-state index in [1.54, 1.807) is 0 Å². The molecule has 4 nitrogen and oxygen atoms in total. The molecule has 0 rings (SSSR count). The van der Waals surface area contributed by atoms with Crippen molar-refractivity contribution in [2.75, 3.05) is 20.1 Å². The van der Waals surface area contributed by atoms with Gasteiger partial charge < -0.3 is 16.0 Å². The maximum Gasteiger partial charge on any atom is 0.237 e. The molecule has 0 aliphatic carbocycles. The Labute approximate surface area is 112 Å². The van der Waals surface area contributed by atoms with Crippen LogP contribution in [0.5, 0.6) is 0 Å². The maximum absolute atomic E-state index is 11.6. The van der Waals surface area contributed by atoms with Crippen molar-refractivity contribution in [2.45, 2.75) is 59.0 Å². The van der Waals surface area contributed by atoms with Gasteiger partial charge in [-0.15, -0.1) is 0 Å². The highest BCUT2D eigenvalue weighted by Gasteiger charge is 2.32. The van der Waals surface area contributed by atoms with Gasteiger partial charge in [0.1, 0.15) is 0 Å². The van der Waals surface area contributed by atoms with Crippen LogP contribution < -0.4 is 11.1 Å². The molecule has 0 aromatic heterocycles. The highest BCUT2D eigenvalue weighted by atomic mass is 16.1. The van der Waals surface area contributed by atoms with E-state index in [0.717, 1.165) is 19.5 Å². The Balaban J connectivity index is 4.50. The Hall–Kier alpha value is -0.610. The number of nitrogens with one attached hydrogen (secondary N) is 1. The summed E-state index contributed by atoms with van der Waals surface area (Å²) in [6.45, 7) is 12.3. The van der Waals surface area contributed by atoms with E-state index in [9.17, 15) is 4.79 Å². The van der Waals surface area contributed by atoms with Crippen molar-refractivity contribution in [3.63, 3.8) is 0 Å². The van der Waals surface area contributed by atoms with Gasteiger partial charge in [0.05, 0.1) is 5.54 Å². The minimum Gasteiger partial charge on any atom is -0.368 e. The number of hydrogen-bond donors (Lipinski definition) is 2. The van der Waals surface area contributed by atoms with Crippen LogP contribution in [0.2, 0.25) is 0 Å². The number of carbonyl (C=O) groups is 1. The highest BCUT2D eigenvalue weighted by molar-refractivity contribution is 5.84. The molecule has 0 fully saturated rings. The number of nitrogens with two attached hydrogens (primary N) is 1. The molecule has 0 bridgehead atoms. The van der Waals surface area contributed by atoms with Gasteiger partial charge in [0, 0.05) is 12.6 Å². The van der Waals surface area contributed by atoms with E-state index in [-0.39, 0.29) is 5.91 Å². The van der Waals surface area contributed by atoms with Crippen LogP contribution in [0.15, 0.2) is 0 Å². The number of rotatable bonds is 9. The molecule has 0 aliphatic rings. The standard InChI is InChI=1S/C14H31N3O/c1-7-11(3)10-17(6)12(4)9-14(5,13(15)18)16-8-2/h11-12,16H,7-10H2,1-6H3,(H2,15,18). The normalized spacial score (nSPS) is 18.4. The summed E-state index contributed by atoms with van der Waals surface area (Å²) in [4.78, 5) is 13.9. The second-order valence-corrected chi connectivity index (χ2v) is 5.73. The molecule has 0 saturated carbocycles. The minimum atomic E-state index is -0.613. The zero-order valence-electron chi connectivity index (χ0n) is 12.9. The van der Waals surface area contributed by atoms with Crippen LogP contribution in [0, 0.1) is 5.92 Å². The Morgan fingerprint density at radius 3 is 2.33 bits per heavy atom. The van der Waals surface area contributed by atoms with Crippen LogP contribution in [0.4, 0.5) is 0 Å². The number of amides is 1. The van der Waals surface area contributed by atoms with E-state index in [2.05, 4.69) is 38.0 Å². The van der Waals surface area contributed by atoms with Crippen molar-refractivity contribution >= 4 is 5.91 Å². The van der Waals surface area contributed by atoms with Gasteiger partial charge in [-0.2, -0.15) is 0 Å². The lowest BCUT2D eigenvalue weighted by molar-refractivity contribution is -0.124. The topological polar surface area (TPSA) is 58.4 Å². The van der Waals surface area contributed by atoms with E-state index >= 15 is 0 Å². The summed E-state index contributed by atoms with van der Waals surface area (Å²) in [6.07, 6.45) is 1.92. The summed E-state index contributed by atoms with van der Waals surface area (Å²) in [7, 11) is 2.12. The zero-order chi connectivity index (χ0) is 14.3. The van der Waals surface area contributed by atoms with Crippen LogP contribution in [0.3, 0.4) is 0 Å². The Morgan fingerprint density at radius 2 is 1.94 bits per heavy atom. The SMILES string of the molecule is CCNC(C)(CC(C)N(C)CC(C)CC)C(N)=O. The first-order valence-electron chi connectivity index (χ1n) is 7.02. The van der Waals surface area contributed by atoms with Crippen molar-refractivity contribution in [2.24, 2.45) is 11.7 Å². The van der Waals surface area contributed by atoms with Gasteiger partial charge in [0.15, 0.2) is 0 Å². The van der Waals surface area contributed by atoms with E-state index in [4.69, 9.17) is 5.73 Å². The molecule has 0 saturated heterocycles. The second kappa shape index (κ2) is 7.74. The molecule has 0 radical (unpaired) electrons. The molecule has 3 atom stereocenters. The summed E-state index contributed by atoms with van der Waals surface area (Å²) >= 11 is 0. The first kappa shape index (κ1) is 17.4. The third kappa shape index (κ3) is 5.36. The first-order chi connectivity index (χ1) is 8.26. The maximum atomic E-state index is 11.6. The van der Waals surface area contributed by atoms with Gasteiger partial charge in [0.25, 0.3) is 0 Å². The van der Waals surface area contributed by atoms with Gasteiger partial charge in [0.2, 0.25) is 5.91 Å². The fraction of sp³-hybridized carbons (Fsp3) is 0.929. The van der Waals surface area contributed by atoms with Crippen LogP contribution in [0.1, 0.15) is 47.5 Å². The number of nitrogens with zero attached hydrogens (tertiary/aromatic N) is 1. The van der Waals surface area contributed by atoms with Crippen molar-refractivity contribution in [3.8, 4) is 0 Å². The molecular weight excluding hydrogens is 226 g/mol. The highest BCUT2D eigenvalue weighted by Crippen LogP contribution is 2.17. The Bertz CT molecular complexity index is 257. The Kier molecular flexibility index (Phi) is 7.48. The summed E-state index contributed by atoms with van der Waals surface area (Å²) in [5.74, 6) is 0.407. The molecular formula is C14H31N3O. The lowest BCUT2D eigenvalue weighted by Crippen LogP contribution is -2.56. The molecule has 0 aromatic rings. The quantitative estimate of drug-likeness (QED) is 0.659. The van der Waals surface area contributed by atoms with Crippen LogP contribution in [0.25, 0.3) is 0 Å². The van der Waals surface area contributed by atoms with E-state index in [1.807, 2.05) is 13.8 Å². The smallest absolute Gasteiger partial charge is 0.237 e. The second-order valence-electron chi connectivity index (χ2n) is 5.73. The van der Waals surface area contributed by atoms with Gasteiger partial charge in [-0.25, -0.2) is 0 Å². The number of likely N-dealkylation sites (N-methyl/N-ethyl adjacent to an activating group) is 1. The summed E-state index contributed by atoms with van der Waals surface area (Å²) in [5, 5.41) is 3.21. The predicted octanol–water partition coefficient (Wildman–Crippen LogP) is 1.60. The number of hydrogen-bond acceptors (Lipinski definition) is 3. The largest absolute Gasteiger partial charge is 0.368 e. The first-order valence-corrected chi connectivity index (χ1v) is 7.02. The van der Waals surface area contributed by atoms with E-state index < -0.39 is 5.54 Å². The molecule has 4 heteroatoms. The third-order valence-corrected chi connectivity index (χ3v) is 3.86. The van der Waals surface area contributed by atoms with Crippen LogP contribution in [-0.4, -0.2) is 42.5 Å². The average Bonchev–Trinajstić information content (AvgIpc) is 2.28. The van der Waals surface area contributed by atoms with Crippen molar-refractivity contribution in [3.05, 3.63) is 0 Å². The van der Waals surface area contributed by atoms with Gasteiger partial charge in [-0.3, -0.25) is 4.79 Å². The summed E-state index contributed by atoms with van der Waals surface area (Å²) in [6, 6.07) is 0.329. The van der Waals surface area contributed by atoms with Crippen molar-refractivity contribution < 1.29 is 4.79 Å². The molecule has 0 spiro atoms. The molecule has 0 aliphatic heterocycles. The molecule has 108 valence electrons.